The molecule has 0 radical (unpaired) electrons. The van der Waals surface area contributed by atoms with Gasteiger partial charge in [-0.1, -0.05) is 24.4 Å². The Balaban J connectivity index is 2.05. The van der Waals surface area contributed by atoms with Gasteiger partial charge in [-0.15, -0.1) is 0 Å². The highest BCUT2D eigenvalue weighted by Gasteiger charge is 2.14. The molecule has 1 aromatic carbocycles. The van der Waals surface area contributed by atoms with Gasteiger partial charge in [0, 0.05) is 11.7 Å². The molecule has 0 heterocycles. The average Bonchev–Trinajstić information content (AvgIpc) is 2.64. The zero-order valence-corrected chi connectivity index (χ0v) is 8.65. The van der Waals surface area contributed by atoms with Crippen molar-refractivity contribution in [1.82, 2.24) is 0 Å². The molecule has 3 heteroatoms. The number of hydrogen-bond acceptors (Lipinski definition) is 1. The molecule has 14 heavy (non-hydrogen) atoms. The monoisotopic (exact) mass is 213 g/mol. The van der Waals surface area contributed by atoms with Gasteiger partial charge in [0.1, 0.15) is 5.82 Å². The molecule has 1 aromatic rings. The Labute approximate surface area is 88.3 Å². The summed E-state index contributed by atoms with van der Waals surface area (Å²) in [6, 6.07) is 5.38. The highest BCUT2D eigenvalue weighted by molar-refractivity contribution is 6.30. The molecule has 1 aliphatic rings. The molecule has 2 rings (SSSR count). The second-order valence-electron chi connectivity index (χ2n) is 3.75. The van der Waals surface area contributed by atoms with Crippen LogP contribution in [0.3, 0.4) is 0 Å². The highest BCUT2D eigenvalue weighted by atomic mass is 35.5. The van der Waals surface area contributed by atoms with Crippen molar-refractivity contribution in [2.75, 3.05) is 5.32 Å². The van der Waals surface area contributed by atoms with Gasteiger partial charge >= 0.3 is 0 Å². The van der Waals surface area contributed by atoms with Crippen LogP contribution in [-0.4, -0.2) is 6.04 Å². The van der Waals surface area contributed by atoms with E-state index >= 15 is 0 Å². The van der Waals surface area contributed by atoms with E-state index in [4.69, 9.17) is 11.6 Å². The molecule has 0 spiro atoms. The van der Waals surface area contributed by atoms with Crippen LogP contribution < -0.4 is 5.32 Å². The van der Waals surface area contributed by atoms with Crippen molar-refractivity contribution in [3.63, 3.8) is 0 Å². The first-order chi connectivity index (χ1) is 6.75. The van der Waals surface area contributed by atoms with E-state index in [9.17, 15) is 4.39 Å². The lowest BCUT2D eigenvalue weighted by Gasteiger charge is -2.13. The van der Waals surface area contributed by atoms with E-state index < -0.39 is 0 Å². The summed E-state index contributed by atoms with van der Waals surface area (Å²) in [4.78, 5) is 0. The van der Waals surface area contributed by atoms with Crippen LogP contribution in [0.1, 0.15) is 25.7 Å². The first kappa shape index (κ1) is 9.78. The fourth-order valence-corrected chi connectivity index (χ4v) is 2.01. The van der Waals surface area contributed by atoms with E-state index in [1.165, 1.54) is 31.7 Å². The molecule has 1 fully saturated rings. The van der Waals surface area contributed by atoms with Gasteiger partial charge in [0.25, 0.3) is 0 Å². The minimum Gasteiger partial charge on any atom is -0.382 e. The number of anilines is 1. The third-order valence-electron chi connectivity index (χ3n) is 2.65. The second kappa shape index (κ2) is 4.18. The molecule has 0 amide bonds. The summed E-state index contributed by atoms with van der Waals surface area (Å²) in [7, 11) is 0. The van der Waals surface area contributed by atoms with Gasteiger partial charge in [0.2, 0.25) is 0 Å². The van der Waals surface area contributed by atoms with Gasteiger partial charge in [-0.3, -0.25) is 0 Å². The van der Waals surface area contributed by atoms with Crippen LogP contribution in [0.5, 0.6) is 0 Å². The molecule has 1 nitrogen and oxygen atoms in total. The SMILES string of the molecule is Fc1cc(NC2CCCC2)ccc1Cl. The quantitative estimate of drug-likeness (QED) is 0.787. The van der Waals surface area contributed by atoms with Crippen LogP contribution in [0.2, 0.25) is 5.02 Å². The minimum atomic E-state index is -0.352. The van der Waals surface area contributed by atoms with E-state index in [1.54, 1.807) is 6.07 Å². The molecular formula is C11H13ClFN. The average molecular weight is 214 g/mol. The predicted octanol–water partition coefficient (Wildman–Crippen LogP) is 3.83. The van der Waals surface area contributed by atoms with Crippen molar-refractivity contribution >= 4 is 17.3 Å². The zero-order valence-electron chi connectivity index (χ0n) is 7.89. The van der Waals surface area contributed by atoms with Gasteiger partial charge in [-0.2, -0.15) is 0 Å². The first-order valence-corrected chi connectivity index (χ1v) is 5.35. The van der Waals surface area contributed by atoms with Crippen LogP contribution >= 0.6 is 11.6 Å². The topological polar surface area (TPSA) is 12.0 Å². The number of hydrogen-bond donors (Lipinski definition) is 1. The summed E-state index contributed by atoms with van der Waals surface area (Å²) in [5, 5.41) is 3.49. The molecular weight excluding hydrogens is 201 g/mol. The molecule has 1 N–H and O–H groups in total. The van der Waals surface area contributed by atoms with Crippen LogP contribution in [0.25, 0.3) is 0 Å². The largest absolute Gasteiger partial charge is 0.382 e. The number of rotatable bonds is 2. The standard InChI is InChI=1S/C11H13ClFN/c12-10-6-5-9(7-11(10)13)14-8-3-1-2-4-8/h5-8,14H,1-4H2. The van der Waals surface area contributed by atoms with Crippen molar-refractivity contribution in [3.8, 4) is 0 Å². The van der Waals surface area contributed by atoms with Gasteiger partial charge in [0.15, 0.2) is 0 Å². The summed E-state index contributed by atoms with van der Waals surface area (Å²) in [6.07, 6.45) is 4.91. The first-order valence-electron chi connectivity index (χ1n) is 4.97. The summed E-state index contributed by atoms with van der Waals surface area (Å²) in [6.45, 7) is 0. The Morgan fingerprint density at radius 2 is 2.00 bits per heavy atom. The van der Waals surface area contributed by atoms with Crippen molar-refractivity contribution < 1.29 is 4.39 Å². The zero-order chi connectivity index (χ0) is 9.97. The highest BCUT2D eigenvalue weighted by Crippen LogP contribution is 2.24. The van der Waals surface area contributed by atoms with Crippen molar-refractivity contribution in [2.24, 2.45) is 0 Å². The van der Waals surface area contributed by atoms with Gasteiger partial charge in [0.05, 0.1) is 5.02 Å². The molecule has 1 aliphatic carbocycles. The summed E-state index contributed by atoms with van der Waals surface area (Å²) in [5.74, 6) is -0.352. The Morgan fingerprint density at radius 1 is 1.29 bits per heavy atom. The van der Waals surface area contributed by atoms with Gasteiger partial charge in [-0.25, -0.2) is 4.39 Å². The van der Waals surface area contributed by atoms with Gasteiger partial charge in [-0.05, 0) is 31.0 Å². The van der Waals surface area contributed by atoms with Gasteiger partial charge < -0.3 is 5.32 Å². The third-order valence-corrected chi connectivity index (χ3v) is 2.95. The third kappa shape index (κ3) is 2.18. The summed E-state index contributed by atoms with van der Waals surface area (Å²) >= 11 is 5.59. The van der Waals surface area contributed by atoms with E-state index in [-0.39, 0.29) is 10.8 Å². The van der Waals surface area contributed by atoms with Crippen molar-refractivity contribution in [1.29, 1.82) is 0 Å². The lowest BCUT2D eigenvalue weighted by molar-refractivity contribution is 0.628. The van der Waals surface area contributed by atoms with Crippen LogP contribution in [0.4, 0.5) is 10.1 Å². The lowest BCUT2D eigenvalue weighted by Crippen LogP contribution is -2.14. The van der Waals surface area contributed by atoms with E-state index in [0.29, 0.717) is 6.04 Å². The predicted molar refractivity (Wildman–Crippen MR) is 57.3 cm³/mol. The smallest absolute Gasteiger partial charge is 0.143 e. The summed E-state index contributed by atoms with van der Waals surface area (Å²) < 4.78 is 13.1. The second-order valence-corrected chi connectivity index (χ2v) is 4.16. The molecule has 1 saturated carbocycles. The normalized spacial score (nSPS) is 17.3. The summed E-state index contributed by atoms with van der Waals surface area (Å²) in [5.41, 5.74) is 0.832. The maximum absolute atomic E-state index is 13.1. The number of benzene rings is 1. The molecule has 0 bridgehead atoms. The number of nitrogens with one attached hydrogen (secondary N) is 1. The maximum Gasteiger partial charge on any atom is 0.143 e. The van der Waals surface area contributed by atoms with Crippen molar-refractivity contribution in [3.05, 3.63) is 29.0 Å². The molecule has 0 unspecified atom stereocenters. The Hall–Kier alpha value is -0.760. The lowest BCUT2D eigenvalue weighted by atomic mass is 10.2. The Kier molecular flexibility index (Phi) is 2.92. The molecule has 0 atom stereocenters. The van der Waals surface area contributed by atoms with Crippen LogP contribution in [0, 0.1) is 5.82 Å². The van der Waals surface area contributed by atoms with Crippen molar-refractivity contribution in [2.45, 2.75) is 31.7 Å². The van der Waals surface area contributed by atoms with E-state index in [2.05, 4.69) is 5.32 Å². The fourth-order valence-electron chi connectivity index (χ4n) is 1.89. The molecule has 76 valence electrons. The fraction of sp³-hybridized carbons (Fsp3) is 0.455. The maximum atomic E-state index is 13.1. The molecule has 0 saturated heterocycles. The Bertz CT molecular complexity index is 321. The minimum absolute atomic E-state index is 0.182. The van der Waals surface area contributed by atoms with Crippen LogP contribution in [0.15, 0.2) is 18.2 Å². The Morgan fingerprint density at radius 3 is 2.64 bits per heavy atom. The van der Waals surface area contributed by atoms with Crippen LogP contribution in [-0.2, 0) is 0 Å². The molecule has 0 aliphatic heterocycles. The molecule has 0 aromatic heterocycles. The number of halogens is 2. The van der Waals surface area contributed by atoms with E-state index in [1.807, 2.05) is 6.07 Å². The van der Waals surface area contributed by atoms with E-state index in [0.717, 1.165) is 5.69 Å².